The van der Waals surface area contributed by atoms with E-state index in [-0.39, 0.29) is 16.0 Å². The molecule has 0 heterocycles. The molecule has 0 unspecified atom stereocenters. The van der Waals surface area contributed by atoms with Crippen LogP contribution in [-0.2, 0) is 0 Å². The maximum atomic E-state index is 12.1. The normalized spacial score (nSPS) is 10.2. The zero-order valence-corrected chi connectivity index (χ0v) is 12.7. The first-order valence-electron chi connectivity index (χ1n) is 5.61. The van der Waals surface area contributed by atoms with Gasteiger partial charge in [-0.15, -0.1) is 0 Å². The fraction of sp³-hybridized carbons (Fsp3) is 0.0714. The van der Waals surface area contributed by atoms with E-state index in [2.05, 4.69) is 5.32 Å². The second kappa shape index (κ2) is 6.35. The van der Waals surface area contributed by atoms with E-state index in [0.717, 1.165) is 0 Å². The van der Waals surface area contributed by atoms with Crippen LogP contribution in [0.1, 0.15) is 10.4 Å². The molecule has 0 radical (unpaired) electrons. The third kappa shape index (κ3) is 3.37. The van der Waals surface area contributed by atoms with Gasteiger partial charge < -0.3 is 10.1 Å². The molecule has 6 heteroatoms. The molecule has 104 valence electrons. The van der Waals surface area contributed by atoms with Gasteiger partial charge in [0.1, 0.15) is 0 Å². The first-order chi connectivity index (χ1) is 9.51. The van der Waals surface area contributed by atoms with E-state index in [1.807, 2.05) is 0 Å². The Morgan fingerprint density at radius 1 is 1.10 bits per heavy atom. The number of carbonyl (C=O) groups is 1. The van der Waals surface area contributed by atoms with Crippen LogP contribution >= 0.6 is 34.8 Å². The number of halogens is 3. The van der Waals surface area contributed by atoms with Crippen LogP contribution in [-0.4, -0.2) is 13.0 Å². The maximum Gasteiger partial charge on any atom is 0.255 e. The fourth-order valence-electron chi connectivity index (χ4n) is 1.66. The van der Waals surface area contributed by atoms with E-state index in [9.17, 15) is 4.79 Å². The average molecular weight is 331 g/mol. The molecule has 0 aromatic heterocycles. The molecule has 0 saturated carbocycles. The average Bonchev–Trinajstić information content (AvgIpc) is 2.38. The summed E-state index contributed by atoms with van der Waals surface area (Å²) in [7, 11) is 1.46. The van der Waals surface area contributed by atoms with Gasteiger partial charge in [0.25, 0.3) is 5.91 Å². The van der Waals surface area contributed by atoms with Crippen LogP contribution in [0.5, 0.6) is 5.75 Å². The van der Waals surface area contributed by atoms with Crippen molar-refractivity contribution in [2.24, 2.45) is 0 Å². The standard InChI is InChI=1S/C14H10Cl3NO2/c1-20-13-11(16)5-8(6-12(13)17)14(19)18-10-4-2-3-9(15)7-10/h2-7H,1H3,(H,18,19). The predicted octanol–water partition coefficient (Wildman–Crippen LogP) is 4.91. The third-order valence-electron chi connectivity index (χ3n) is 2.55. The van der Waals surface area contributed by atoms with Crippen molar-refractivity contribution in [3.05, 3.63) is 57.0 Å². The highest BCUT2D eigenvalue weighted by atomic mass is 35.5. The smallest absolute Gasteiger partial charge is 0.255 e. The van der Waals surface area contributed by atoms with Crippen molar-refractivity contribution in [2.75, 3.05) is 12.4 Å². The molecule has 0 aliphatic carbocycles. The van der Waals surface area contributed by atoms with Gasteiger partial charge in [-0.25, -0.2) is 0 Å². The lowest BCUT2D eigenvalue weighted by molar-refractivity contribution is 0.102. The van der Waals surface area contributed by atoms with Gasteiger partial charge in [-0.2, -0.15) is 0 Å². The van der Waals surface area contributed by atoms with Gasteiger partial charge in [0, 0.05) is 16.3 Å². The quantitative estimate of drug-likeness (QED) is 0.868. The Morgan fingerprint density at radius 3 is 2.30 bits per heavy atom. The van der Waals surface area contributed by atoms with E-state index < -0.39 is 0 Å². The molecule has 0 saturated heterocycles. The Labute approximate surface area is 131 Å². The predicted molar refractivity (Wildman–Crippen MR) is 82.4 cm³/mol. The van der Waals surface area contributed by atoms with Crippen LogP contribution in [0.3, 0.4) is 0 Å². The largest absolute Gasteiger partial charge is 0.494 e. The number of hydrogen-bond acceptors (Lipinski definition) is 2. The number of methoxy groups -OCH3 is 1. The highest BCUT2D eigenvalue weighted by Crippen LogP contribution is 2.34. The molecule has 0 spiro atoms. The number of carbonyl (C=O) groups excluding carboxylic acids is 1. The molecule has 2 rings (SSSR count). The molecule has 1 N–H and O–H groups in total. The van der Waals surface area contributed by atoms with Gasteiger partial charge in [-0.3, -0.25) is 4.79 Å². The Balaban J connectivity index is 2.26. The summed E-state index contributed by atoms with van der Waals surface area (Å²) in [6, 6.07) is 9.82. The Bertz CT molecular complexity index is 636. The number of ether oxygens (including phenoxy) is 1. The van der Waals surface area contributed by atoms with Crippen molar-refractivity contribution in [1.29, 1.82) is 0 Å². The van der Waals surface area contributed by atoms with Gasteiger partial charge in [-0.1, -0.05) is 40.9 Å². The van der Waals surface area contributed by atoms with Crippen LogP contribution in [0.4, 0.5) is 5.69 Å². The molecule has 1 amide bonds. The van der Waals surface area contributed by atoms with Crippen LogP contribution in [0, 0.1) is 0 Å². The lowest BCUT2D eigenvalue weighted by Gasteiger charge is -2.09. The number of benzene rings is 2. The first kappa shape index (κ1) is 15.0. The molecule has 0 atom stereocenters. The number of nitrogens with one attached hydrogen (secondary N) is 1. The summed E-state index contributed by atoms with van der Waals surface area (Å²) < 4.78 is 5.03. The first-order valence-corrected chi connectivity index (χ1v) is 6.74. The summed E-state index contributed by atoms with van der Waals surface area (Å²) in [6.45, 7) is 0. The summed E-state index contributed by atoms with van der Waals surface area (Å²) in [5, 5.41) is 3.79. The number of hydrogen-bond donors (Lipinski definition) is 1. The fourth-order valence-corrected chi connectivity index (χ4v) is 2.49. The molecule has 0 aliphatic rings. The molecule has 0 fully saturated rings. The minimum absolute atomic E-state index is 0.274. The van der Waals surface area contributed by atoms with E-state index in [4.69, 9.17) is 39.5 Å². The maximum absolute atomic E-state index is 12.1. The van der Waals surface area contributed by atoms with E-state index in [1.165, 1.54) is 19.2 Å². The van der Waals surface area contributed by atoms with Gasteiger partial charge in [0.05, 0.1) is 17.2 Å². The van der Waals surface area contributed by atoms with Crippen molar-refractivity contribution < 1.29 is 9.53 Å². The highest BCUT2D eigenvalue weighted by Gasteiger charge is 2.13. The van der Waals surface area contributed by atoms with Crippen molar-refractivity contribution in [2.45, 2.75) is 0 Å². The molecule has 0 bridgehead atoms. The number of rotatable bonds is 3. The highest BCUT2D eigenvalue weighted by molar-refractivity contribution is 6.37. The van der Waals surface area contributed by atoms with E-state index >= 15 is 0 Å². The SMILES string of the molecule is COc1c(Cl)cc(C(=O)Nc2cccc(Cl)c2)cc1Cl. The number of amides is 1. The minimum atomic E-state index is -0.335. The van der Waals surface area contributed by atoms with Gasteiger partial charge in [-0.05, 0) is 30.3 Å². The van der Waals surface area contributed by atoms with Crippen LogP contribution in [0.15, 0.2) is 36.4 Å². The second-order valence-electron chi connectivity index (χ2n) is 3.94. The molecular weight excluding hydrogens is 321 g/mol. The summed E-state index contributed by atoms with van der Waals surface area (Å²) in [5.41, 5.74) is 0.923. The summed E-state index contributed by atoms with van der Waals surface area (Å²) >= 11 is 17.8. The van der Waals surface area contributed by atoms with Crippen LogP contribution < -0.4 is 10.1 Å². The van der Waals surface area contributed by atoms with Crippen molar-refractivity contribution in [3.63, 3.8) is 0 Å². The lowest BCUT2D eigenvalue weighted by atomic mass is 10.2. The Morgan fingerprint density at radius 2 is 1.75 bits per heavy atom. The number of anilines is 1. The van der Waals surface area contributed by atoms with E-state index in [0.29, 0.717) is 22.0 Å². The topological polar surface area (TPSA) is 38.3 Å². The summed E-state index contributed by atoms with van der Waals surface area (Å²) in [4.78, 5) is 12.1. The molecular formula is C14H10Cl3NO2. The van der Waals surface area contributed by atoms with Crippen molar-refractivity contribution >= 4 is 46.4 Å². The second-order valence-corrected chi connectivity index (χ2v) is 5.19. The van der Waals surface area contributed by atoms with Crippen LogP contribution in [0.2, 0.25) is 15.1 Å². The van der Waals surface area contributed by atoms with Gasteiger partial charge in [0.2, 0.25) is 0 Å². The zero-order valence-electron chi connectivity index (χ0n) is 10.4. The molecule has 2 aromatic carbocycles. The Hall–Kier alpha value is -1.42. The minimum Gasteiger partial charge on any atom is -0.494 e. The monoisotopic (exact) mass is 329 g/mol. The van der Waals surface area contributed by atoms with E-state index in [1.54, 1.807) is 24.3 Å². The Kier molecular flexibility index (Phi) is 4.76. The zero-order chi connectivity index (χ0) is 14.7. The third-order valence-corrected chi connectivity index (χ3v) is 3.34. The van der Waals surface area contributed by atoms with Crippen molar-refractivity contribution in [3.8, 4) is 5.75 Å². The van der Waals surface area contributed by atoms with Gasteiger partial charge >= 0.3 is 0 Å². The van der Waals surface area contributed by atoms with Gasteiger partial charge in [0.15, 0.2) is 5.75 Å². The summed E-state index contributed by atoms with van der Waals surface area (Å²) in [5.74, 6) is 0.00589. The lowest BCUT2D eigenvalue weighted by Crippen LogP contribution is -2.12. The van der Waals surface area contributed by atoms with Crippen molar-refractivity contribution in [1.82, 2.24) is 0 Å². The molecule has 3 nitrogen and oxygen atoms in total. The molecule has 20 heavy (non-hydrogen) atoms. The summed E-state index contributed by atoms with van der Waals surface area (Å²) in [6.07, 6.45) is 0. The molecule has 2 aromatic rings. The molecule has 0 aliphatic heterocycles. The van der Waals surface area contributed by atoms with Crippen LogP contribution in [0.25, 0.3) is 0 Å².